The molecule has 0 spiro atoms. The van der Waals surface area contributed by atoms with Gasteiger partial charge in [-0.05, 0) is 83.5 Å². The van der Waals surface area contributed by atoms with Gasteiger partial charge in [0.25, 0.3) is 0 Å². The van der Waals surface area contributed by atoms with E-state index in [2.05, 4.69) is 81.5 Å². The number of hydrogen-bond donors (Lipinski definition) is 0. The Morgan fingerprint density at radius 2 is 0.638 bits per heavy atom. The molecular weight excluding hydrogens is 721 g/mol. The van der Waals surface area contributed by atoms with Crippen molar-refractivity contribution in [1.29, 1.82) is 0 Å². The Bertz CT molecular complexity index is 1070. The standard InChI is InChI=1S/C52H90O6/c1-4-7-10-13-16-19-22-24-25-26-27-29-30-33-36-39-42-45-51(54)57-48-49(47-56-50(53)44-41-38-35-32-21-18-15-12-9-6-3)58-52(55)46-43-40-37-34-31-28-23-20-17-14-11-8-5-2/h16,19-20,23-25,27,29,33,36,49H,4-15,17-18,21-22,26,28,30-32,34-35,37-48H2,1-3H3/b19-16-,23-20-,25-24-,29-27-,36-33-/t49-/m1/s1. The lowest BCUT2D eigenvalue weighted by molar-refractivity contribution is -0.167. The molecule has 0 unspecified atom stereocenters. The molecule has 0 heterocycles. The summed E-state index contributed by atoms with van der Waals surface area (Å²) < 4.78 is 16.7. The van der Waals surface area contributed by atoms with E-state index in [0.29, 0.717) is 19.3 Å². The molecule has 6 nitrogen and oxygen atoms in total. The molecule has 0 aliphatic rings. The minimum Gasteiger partial charge on any atom is -0.462 e. The van der Waals surface area contributed by atoms with Crippen molar-refractivity contribution in [2.75, 3.05) is 13.2 Å². The number of carbonyl (C=O) groups excluding carboxylic acids is 3. The molecule has 0 aromatic heterocycles. The van der Waals surface area contributed by atoms with Crippen LogP contribution in [0.5, 0.6) is 0 Å². The molecule has 0 saturated carbocycles. The van der Waals surface area contributed by atoms with E-state index < -0.39 is 6.10 Å². The normalized spacial score (nSPS) is 12.5. The summed E-state index contributed by atoms with van der Waals surface area (Å²) in [6, 6.07) is 0. The molecule has 0 aliphatic carbocycles. The zero-order valence-corrected chi connectivity index (χ0v) is 38.0. The highest BCUT2D eigenvalue weighted by Crippen LogP contribution is 2.13. The highest BCUT2D eigenvalue weighted by atomic mass is 16.6. The predicted molar refractivity (Wildman–Crippen MR) is 247 cm³/mol. The van der Waals surface area contributed by atoms with Crippen LogP contribution in [-0.4, -0.2) is 37.2 Å². The summed E-state index contributed by atoms with van der Waals surface area (Å²) in [6.45, 7) is 6.52. The zero-order chi connectivity index (χ0) is 42.3. The van der Waals surface area contributed by atoms with Gasteiger partial charge in [-0.25, -0.2) is 0 Å². The number of unbranched alkanes of at least 4 members (excludes halogenated alkanes) is 22. The van der Waals surface area contributed by atoms with Crippen molar-refractivity contribution in [3.05, 3.63) is 60.8 Å². The van der Waals surface area contributed by atoms with Gasteiger partial charge >= 0.3 is 17.9 Å². The third-order valence-corrected chi connectivity index (χ3v) is 10.2. The monoisotopic (exact) mass is 811 g/mol. The molecule has 0 rings (SSSR count). The number of esters is 3. The minimum absolute atomic E-state index is 0.0933. The fraction of sp³-hybridized carbons (Fsp3) is 0.750. The van der Waals surface area contributed by atoms with Crippen molar-refractivity contribution in [2.24, 2.45) is 0 Å². The first-order valence-corrected chi connectivity index (χ1v) is 24.3. The smallest absolute Gasteiger partial charge is 0.306 e. The number of allylic oxidation sites excluding steroid dienone is 10. The Labute approximate surface area is 358 Å². The number of ether oxygens (including phenoxy) is 3. The second-order valence-corrected chi connectivity index (χ2v) is 16.0. The second kappa shape index (κ2) is 46.8. The van der Waals surface area contributed by atoms with E-state index in [-0.39, 0.29) is 37.5 Å². The van der Waals surface area contributed by atoms with Gasteiger partial charge in [0, 0.05) is 19.3 Å². The number of rotatable bonds is 43. The van der Waals surface area contributed by atoms with Gasteiger partial charge < -0.3 is 14.2 Å². The first-order chi connectivity index (χ1) is 28.5. The molecule has 0 amide bonds. The molecule has 6 heteroatoms. The maximum atomic E-state index is 12.7. The number of hydrogen-bond acceptors (Lipinski definition) is 6. The zero-order valence-electron chi connectivity index (χ0n) is 38.0. The van der Waals surface area contributed by atoms with Gasteiger partial charge in [-0.3, -0.25) is 14.4 Å². The lowest BCUT2D eigenvalue weighted by atomic mass is 10.1. The van der Waals surface area contributed by atoms with Gasteiger partial charge in [0.1, 0.15) is 13.2 Å². The fourth-order valence-electron chi connectivity index (χ4n) is 6.55. The molecule has 0 N–H and O–H groups in total. The third-order valence-electron chi connectivity index (χ3n) is 10.2. The van der Waals surface area contributed by atoms with Crippen LogP contribution in [0.2, 0.25) is 0 Å². The van der Waals surface area contributed by atoms with Gasteiger partial charge in [0.15, 0.2) is 6.10 Å². The summed E-state index contributed by atoms with van der Waals surface area (Å²) in [5.41, 5.74) is 0. The van der Waals surface area contributed by atoms with Crippen molar-refractivity contribution in [2.45, 2.75) is 239 Å². The Hall–Kier alpha value is -2.89. The highest BCUT2D eigenvalue weighted by Gasteiger charge is 2.19. The van der Waals surface area contributed by atoms with Gasteiger partial charge in [0.05, 0.1) is 0 Å². The van der Waals surface area contributed by atoms with E-state index in [4.69, 9.17) is 14.2 Å². The lowest BCUT2D eigenvalue weighted by Gasteiger charge is -2.18. The summed E-state index contributed by atoms with van der Waals surface area (Å²) >= 11 is 0. The summed E-state index contributed by atoms with van der Waals surface area (Å²) in [7, 11) is 0. The van der Waals surface area contributed by atoms with Crippen LogP contribution in [0.15, 0.2) is 60.8 Å². The third kappa shape index (κ3) is 44.2. The molecule has 0 fully saturated rings. The summed E-state index contributed by atoms with van der Waals surface area (Å²) in [5, 5.41) is 0. The average Bonchev–Trinajstić information content (AvgIpc) is 3.22. The van der Waals surface area contributed by atoms with Gasteiger partial charge in [-0.1, -0.05) is 191 Å². The largest absolute Gasteiger partial charge is 0.462 e. The fourth-order valence-corrected chi connectivity index (χ4v) is 6.55. The van der Waals surface area contributed by atoms with Crippen LogP contribution < -0.4 is 0 Å². The van der Waals surface area contributed by atoms with E-state index >= 15 is 0 Å². The molecule has 1 atom stereocenters. The molecule has 58 heavy (non-hydrogen) atoms. The van der Waals surface area contributed by atoms with Gasteiger partial charge in [-0.15, -0.1) is 0 Å². The van der Waals surface area contributed by atoms with Gasteiger partial charge in [-0.2, -0.15) is 0 Å². The van der Waals surface area contributed by atoms with Crippen molar-refractivity contribution < 1.29 is 28.6 Å². The average molecular weight is 811 g/mol. The Morgan fingerprint density at radius 1 is 0.345 bits per heavy atom. The second-order valence-electron chi connectivity index (χ2n) is 16.0. The van der Waals surface area contributed by atoms with Gasteiger partial charge in [0.2, 0.25) is 0 Å². The van der Waals surface area contributed by atoms with Crippen LogP contribution in [0.3, 0.4) is 0 Å². The maximum absolute atomic E-state index is 12.7. The summed E-state index contributed by atoms with van der Waals surface area (Å²) in [5.74, 6) is -0.962. The van der Waals surface area contributed by atoms with Crippen LogP contribution in [0, 0.1) is 0 Å². The number of carbonyl (C=O) groups is 3. The first-order valence-electron chi connectivity index (χ1n) is 24.3. The first kappa shape index (κ1) is 55.1. The Balaban J connectivity index is 4.46. The maximum Gasteiger partial charge on any atom is 0.306 e. The Morgan fingerprint density at radius 3 is 1.10 bits per heavy atom. The Kier molecular flexibility index (Phi) is 44.5. The molecule has 0 aromatic carbocycles. The molecule has 334 valence electrons. The molecule has 0 saturated heterocycles. The lowest BCUT2D eigenvalue weighted by Crippen LogP contribution is -2.30. The summed E-state index contributed by atoms with van der Waals surface area (Å²) in [4.78, 5) is 37.8. The minimum atomic E-state index is -0.796. The van der Waals surface area contributed by atoms with Crippen molar-refractivity contribution in [3.63, 3.8) is 0 Å². The topological polar surface area (TPSA) is 78.9 Å². The van der Waals surface area contributed by atoms with Crippen LogP contribution in [0.4, 0.5) is 0 Å². The predicted octanol–water partition coefficient (Wildman–Crippen LogP) is 15.7. The van der Waals surface area contributed by atoms with Crippen LogP contribution in [0.25, 0.3) is 0 Å². The SMILES string of the molecule is CCCCC/C=C\C/C=C\C/C=C\C/C=C\CCCC(=O)OC[C@@H](COC(=O)CCCCCCCCCCCC)OC(=O)CCCCCCC/C=C\CCCCCC. The molecular formula is C52H90O6. The van der Waals surface area contributed by atoms with E-state index in [0.717, 1.165) is 77.0 Å². The van der Waals surface area contributed by atoms with Crippen molar-refractivity contribution in [1.82, 2.24) is 0 Å². The van der Waals surface area contributed by atoms with Crippen molar-refractivity contribution >= 4 is 17.9 Å². The molecule has 0 radical (unpaired) electrons. The quantitative estimate of drug-likeness (QED) is 0.0264. The van der Waals surface area contributed by atoms with Crippen LogP contribution >= 0.6 is 0 Å². The van der Waals surface area contributed by atoms with Crippen LogP contribution in [0.1, 0.15) is 233 Å². The van der Waals surface area contributed by atoms with E-state index in [1.807, 2.05) is 0 Å². The van der Waals surface area contributed by atoms with Crippen molar-refractivity contribution in [3.8, 4) is 0 Å². The molecule has 0 aliphatic heterocycles. The van der Waals surface area contributed by atoms with Crippen LogP contribution in [-0.2, 0) is 28.6 Å². The van der Waals surface area contributed by atoms with E-state index in [1.165, 1.54) is 109 Å². The van der Waals surface area contributed by atoms with E-state index in [9.17, 15) is 14.4 Å². The summed E-state index contributed by atoms with van der Waals surface area (Å²) in [6.07, 6.45) is 56.3. The van der Waals surface area contributed by atoms with E-state index in [1.54, 1.807) is 0 Å². The molecule has 0 bridgehead atoms. The highest BCUT2D eigenvalue weighted by molar-refractivity contribution is 5.71. The molecule has 0 aromatic rings.